The van der Waals surface area contributed by atoms with Gasteiger partial charge in [0.2, 0.25) is 17.7 Å². The van der Waals surface area contributed by atoms with Crippen LogP contribution in [0.5, 0.6) is 17.4 Å². The summed E-state index contributed by atoms with van der Waals surface area (Å²) in [4.78, 5) is 39.9. The van der Waals surface area contributed by atoms with Crippen molar-refractivity contribution in [3.05, 3.63) is 89.1 Å². The maximum Gasteiger partial charge on any atom is 0.262 e. The number of likely N-dealkylation sites (N-methyl/N-ethyl adjacent to an activating group) is 1. The van der Waals surface area contributed by atoms with Crippen LogP contribution in [0.3, 0.4) is 0 Å². The maximum atomic E-state index is 13.7. The van der Waals surface area contributed by atoms with Crippen LogP contribution in [-0.2, 0) is 11.2 Å². The van der Waals surface area contributed by atoms with Gasteiger partial charge in [0.15, 0.2) is 11.5 Å². The van der Waals surface area contributed by atoms with Gasteiger partial charge in [0, 0.05) is 61.9 Å². The van der Waals surface area contributed by atoms with Crippen LogP contribution < -0.4 is 30.3 Å². The molecule has 1 fully saturated rings. The lowest BCUT2D eigenvalue weighted by molar-refractivity contribution is -0.121. The molecule has 1 aliphatic rings. The van der Waals surface area contributed by atoms with Gasteiger partial charge in [0.25, 0.3) is 5.91 Å². The molecule has 0 spiro atoms. The summed E-state index contributed by atoms with van der Waals surface area (Å²) in [6.45, 7) is 11.9. The molecule has 49 heavy (non-hydrogen) atoms. The van der Waals surface area contributed by atoms with Crippen molar-refractivity contribution in [2.24, 2.45) is 0 Å². The monoisotopic (exact) mass is 665 g/mol. The molecule has 2 amide bonds. The third-order valence-corrected chi connectivity index (χ3v) is 8.81. The molecule has 0 bridgehead atoms. The first kappa shape index (κ1) is 35.2. The number of aryl methyl sites for hydroxylation is 3. The topological polar surface area (TPSA) is 121 Å². The van der Waals surface area contributed by atoms with Crippen LogP contribution in [0.2, 0.25) is 0 Å². The molecule has 4 aromatic rings. The highest BCUT2D eigenvalue weighted by Crippen LogP contribution is 2.34. The number of carbonyl (C=O) groups excluding carboxylic acids is 2. The van der Waals surface area contributed by atoms with Crippen molar-refractivity contribution in [2.45, 2.75) is 53.0 Å². The fourth-order valence-corrected chi connectivity index (χ4v) is 5.56. The molecule has 5 rings (SSSR count). The smallest absolute Gasteiger partial charge is 0.262 e. The molecule has 11 nitrogen and oxygen atoms in total. The Hall–Kier alpha value is -5.16. The second-order valence-corrected chi connectivity index (χ2v) is 12.6. The van der Waals surface area contributed by atoms with Gasteiger partial charge >= 0.3 is 0 Å². The predicted octanol–water partition coefficient (Wildman–Crippen LogP) is 6.49. The van der Waals surface area contributed by atoms with E-state index in [0.29, 0.717) is 24.3 Å². The van der Waals surface area contributed by atoms with E-state index in [2.05, 4.69) is 54.9 Å². The van der Waals surface area contributed by atoms with Crippen molar-refractivity contribution < 1.29 is 19.1 Å². The second kappa shape index (κ2) is 16.3. The number of methoxy groups -OCH3 is 1. The van der Waals surface area contributed by atoms with Gasteiger partial charge in [-0.3, -0.25) is 9.59 Å². The van der Waals surface area contributed by atoms with E-state index in [1.165, 1.54) is 6.20 Å². The number of hydrogen-bond donors (Lipinski definition) is 3. The van der Waals surface area contributed by atoms with Crippen molar-refractivity contribution in [3.8, 4) is 17.4 Å². The fraction of sp³-hybridized carbons (Fsp3) is 0.368. The van der Waals surface area contributed by atoms with E-state index in [0.717, 1.165) is 66.4 Å². The van der Waals surface area contributed by atoms with Crippen LogP contribution in [0, 0.1) is 13.8 Å². The van der Waals surface area contributed by atoms with Crippen molar-refractivity contribution in [3.63, 3.8) is 0 Å². The van der Waals surface area contributed by atoms with E-state index < -0.39 is 5.91 Å². The summed E-state index contributed by atoms with van der Waals surface area (Å²) in [6.07, 6.45) is 3.23. The standard InChI is InChI=1S/C38H47N7O4/c1-7-27(4)40-34(46)18-12-28-11-17-32(33(23-28)48-6)49-37-31(36(47)42-35-25(2)9-8-10-26(35)3)24-39-38(43-37)41-29-13-15-30(16-14-29)45-21-19-44(5)20-22-45/h8-11,13-17,23-24,27H,7,12,18-22H2,1-6H3,(H,40,46)(H,42,47)(H,39,41,43)/t27-/m0/s1. The van der Waals surface area contributed by atoms with E-state index >= 15 is 0 Å². The van der Waals surface area contributed by atoms with Crippen LogP contribution in [0.1, 0.15) is 53.7 Å². The summed E-state index contributed by atoms with van der Waals surface area (Å²) >= 11 is 0. The Balaban J connectivity index is 1.39. The van der Waals surface area contributed by atoms with Crippen LogP contribution in [-0.4, -0.2) is 73.1 Å². The Morgan fingerprint density at radius 3 is 2.35 bits per heavy atom. The van der Waals surface area contributed by atoms with Gasteiger partial charge in [-0.15, -0.1) is 0 Å². The molecule has 1 saturated heterocycles. The molecule has 11 heteroatoms. The van der Waals surface area contributed by atoms with Crippen molar-refractivity contribution in [1.82, 2.24) is 20.2 Å². The van der Waals surface area contributed by atoms with E-state index in [9.17, 15) is 9.59 Å². The zero-order valence-electron chi connectivity index (χ0n) is 29.3. The molecule has 1 atom stereocenters. The van der Waals surface area contributed by atoms with Crippen LogP contribution in [0.4, 0.5) is 23.0 Å². The Morgan fingerprint density at radius 1 is 0.959 bits per heavy atom. The van der Waals surface area contributed by atoms with Gasteiger partial charge in [-0.25, -0.2) is 4.98 Å². The molecule has 0 aliphatic carbocycles. The van der Waals surface area contributed by atoms with Crippen molar-refractivity contribution >= 4 is 34.8 Å². The quantitative estimate of drug-likeness (QED) is 0.147. The Bertz CT molecular complexity index is 1730. The molecule has 3 aromatic carbocycles. The van der Waals surface area contributed by atoms with E-state index in [-0.39, 0.29) is 29.3 Å². The number of benzene rings is 3. The molecule has 0 radical (unpaired) electrons. The normalized spacial score (nSPS) is 13.8. The van der Waals surface area contributed by atoms with Gasteiger partial charge < -0.3 is 35.2 Å². The van der Waals surface area contributed by atoms with E-state index in [1.54, 1.807) is 13.2 Å². The first-order valence-corrected chi connectivity index (χ1v) is 16.8. The number of nitrogens with zero attached hydrogens (tertiary/aromatic N) is 4. The third kappa shape index (κ3) is 9.26. The third-order valence-electron chi connectivity index (χ3n) is 8.81. The Labute approximate surface area is 289 Å². The zero-order chi connectivity index (χ0) is 34.9. The summed E-state index contributed by atoms with van der Waals surface area (Å²) in [6, 6.07) is 19.6. The minimum absolute atomic E-state index is 0.00294. The number of hydrogen-bond acceptors (Lipinski definition) is 9. The summed E-state index contributed by atoms with van der Waals surface area (Å²) in [5.74, 6) is 0.760. The zero-order valence-corrected chi connectivity index (χ0v) is 29.3. The maximum absolute atomic E-state index is 13.7. The van der Waals surface area contributed by atoms with Crippen molar-refractivity contribution in [1.29, 1.82) is 0 Å². The largest absolute Gasteiger partial charge is 0.493 e. The van der Waals surface area contributed by atoms with Gasteiger partial charge in [-0.05, 0) is 93.7 Å². The lowest BCUT2D eigenvalue weighted by Gasteiger charge is -2.34. The molecule has 258 valence electrons. The number of para-hydroxylation sites is 1. The van der Waals surface area contributed by atoms with Crippen LogP contribution in [0.25, 0.3) is 0 Å². The molecule has 1 aliphatic heterocycles. The first-order chi connectivity index (χ1) is 23.6. The Morgan fingerprint density at radius 2 is 1.67 bits per heavy atom. The Kier molecular flexibility index (Phi) is 11.7. The van der Waals surface area contributed by atoms with E-state index in [4.69, 9.17) is 9.47 Å². The molecule has 0 saturated carbocycles. The highest BCUT2D eigenvalue weighted by molar-refractivity contribution is 6.06. The second-order valence-electron chi connectivity index (χ2n) is 12.6. The number of amides is 2. The van der Waals surface area contributed by atoms with E-state index in [1.807, 2.05) is 70.2 Å². The lowest BCUT2D eigenvalue weighted by atomic mass is 10.1. The van der Waals surface area contributed by atoms with Gasteiger partial charge in [0.1, 0.15) is 5.56 Å². The summed E-state index contributed by atoms with van der Waals surface area (Å²) in [5.41, 5.74) is 5.63. The highest BCUT2D eigenvalue weighted by atomic mass is 16.5. The average molecular weight is 666 g/mol. The minimum Gasteiger partial charge on any atom is -0.493 e. The average Bonchev–Trinajstić information content (AvgIpc) is 3.10. The van der Waals surface area contributed by atoms with Gasteiger partial charge in [-0.2, -0.15) is 4.98 Å². The highest BCUT2D eigenvalue weighted by Gasteiger charge is 2.21. The summed E-state index contributed by atoms with van der Waals surface area (Å²) < 4.78 is 12.0. The number of carbonyl (C=O) groups is 2. The molecule has 2 heterocycles. The summed E-state index contributed by atoms with van der Waals surface area (Å²) in [5, 5.41) is 9.27. The van der Waals surface area contributed by atoms with Gasteiger partial charge in [0.05, 0.1) is 7.11 Å². The molecule has 1 aromatic heterocycles. The van der Waals surface area contributed by atoms with Crippen molar-refractivity contribution in [2.75, 3.05) is 55.9 Å². The molecule has 0 unspecified atom stereocenters. The number of aromatic nitrogens is 2. The first-order valence-electron chi connectivity index (χ1n) is 16.8. The molecular formula is C38H47N7O4. The number of nitrogens with one attached hydrogen (secondary N) is 3. The number of anilines is 4. The fourth-order valence-electron chi connectivity index (χ4n) is 5.56. The molecule has 3 N–H and O–H groups in total. The summed E-state index contributed by atoms with van der Waals surface area (Å²) in [7, 11) is 3.69. The number of ether oxygens (including phenoxy) is 2. The SMILES string of the molecule is CC[C@H](C)NC(=O)CCc1ccc(Oc2nc(Nc3ccc(N4CCN(C)CC4)cc3)ncc2C(=O)Nc2c(C)cccc2C)c(OC)c1. The van der Waals surface area contributed by atoms with Crippen LogP contribution >= 0.6 is 0 Å². The predicted molar refractivity (Wildman–Crippen MR) is 195 cm³/mol. The molecular weight excluding hydrogens is 618 g/mol. The van der Waals surface area contributed by atoms with Crippen LogP contribution in [0.15, 0.2) is 66.9 Å². The number of piperazine rings is 1. The van der Waals surface area contributed by atoms with Gasteiger partial charge in [-0.1, -0.05) is 31.2 Å². The number of rotatable bonds is 13. The minimum atomic E-state index is -0.404. The lowest BCUT2D eigenvalue weighted by Crippen LogP contribution is -2.44.